The number of aromatic nitrogens is 1. The van der Waals surface area contributed by atoms with Gasteiger partial charge in [-0.15, -0.1) is 0 Å². The van der Waals surface area contributed by atoms with Crippen molar-refractivity contribution in [2.45, 2.75) is 6.54 Å². The molecule has 3 rings (SSSR count). The van der Waals surface area contributed by atoms with Gasteiger partial charge in [-0.1, -0.05) is 11.3 Å². The van der Waals surface area contributed by atoms with E-state index in [1.165, 1.54) is 23.5 Å². The topological polar surface area (TPSA) is 88.5 Å². The third kappa shape index (κ3) is 3.24. The van der Waals surface area contributed by atoms with Crippen LogP contribution in [0.25, 0.3) is 11.3 Å². The van der Waals surface area contributed by atoms with Gasteiger partial charge in [0.15, 0.2) is 0 Å². The molecule has 8 heteroatoms. The van der Waals surface area contributed by atoms with E-state index in [0.717, 1.165) is 29.2 Å². The minimum absolute atomic E-state index is 0.0380. The SMILES string of the molecule is O=c1[nH]c(-c2ccc([N+](=O)[O-])cc2)c(CN2CCOCC2)s1. The second-order valence-electron chi connectivity index (χ2n) is 5.01. The van der Waals surface area contributed by atoms with Crippen LogP contribution in [0.4, 0.5) is 5.69 Å². The van der Waals surface area contributed by atoms with Crippen LogP contribution >= 0.6 is 11.3 Å². The molecule has 2 aromatic rings. The lowest BCUT2D eigenvalue weighted by molar-refractivity contribution is -0.384. The molecule has 1 fully saturated rings. The third-order valence-electron chi connectivity index (χ3n) is 3.56. The Bertz CT molecular complexity index is 716. The van der Waals surface area contributed by atoms with Gasteiger partial charge >= 0.3 is 4.87 Å². The molecule has 0 spiro atoms. The maximum absolute atomic E-state index is 11.7. The first kappa shape index (κ1) is 14.9. The molecule has 7 nitrogen and oxygen atoms in total. The summed E-state index contributed by atoms with van der Waals surface area (Å²) in [6.45, 7) is 3.76. The van der Waals surface area contributed by atoms with Crippen LogP contribution in [0.1, 0.15) is 4.88 Å². The highest BCUT2D eigenvalue weighted by Crippen LogP contribution is 2.26. The Kier molecular flexibility index (Phi) is 4.32. The van der Waals surface area contributed by atoms with Crippen molar-refractivity contribution in [3.63, 3.8) is 0 Å². The van der Waals surface area contributed by atoms with Crippen molar-refractivity contribution >= 4 is 17.0 Å². The van der Waals surface area contributed by atoms with Crippen LogP contribution in [0.5, 0.6) is 0 Å². The van der Waals surface area contributed by atoms with E-state index >= 15 is 0 Å². The van der Waals surface area contributed by atoms with Gasteiger partial charge in [0.2, 0.25) is 0 Å². The maximum atomic E-state index is 11.7. The van der Waals surface area contributed by atoms with Gasteiger partial charge in [-0.2, -0.15) is 0 Å². The molecular formula is C14H15N3O4S. The van der Waals surface area contributed by atoms with Crippen LogP contribution in [0, 0.1) is 10.1 Å². The first-order valence-corrected chi connectivity index (χ1v) is 7.72. The van der Waals surface area contributed by atoms with Crippen molar-refractivity contribution in [2.75, 3.05) is 26.3 Å². The van der Waals surface area contributed by atoms with Gasteiger partial charge in [0.05, 0.1) is 23.8 Å². The van der Waals surface area contributed by atoms with Gasteiger partial charge in [-0.3, -0.25) is 19.8 Å². The first-order valence-electron chi connectivity index (χ1n) is 6.90. The molecule has 0 radical (unpaired) electrons. The number of benzene rings is 1. The van der Waals surface area contributed by atoms with Crippen molar-refractivity contribution in [1.82, 2.24) is 9.88 Å². The number of nitro groups is 1. The predicted molar refractivity (Wildman–Crippen MR) is 83.1 cm³/mol. The molecule has 1 aliphatic rings. The Hall–Kier alpha value is -2.03. The summed E-state index contributed by atoms with van der Waals surface area (Å²) in [5.41, 5.74) is 1.57. The molecule has 0 unspecified atom stereocenters. The molecule has 0 atom stereocenters. The van der Waals surface area contributed by atoms with E-state index in [0.29, 0.717) is 19.8 Å². The first-order chi connectivity index (χ1) is 10.6. The molecule has 1 aromatic heterocycles. The van der Waals surface area contributed by atoms with Crippen LogP contribution in [-0.4, -0.2) is 41.1 Å². The summed E-state index contributed by atoms with van der Waals surface area (Å²) in [6, 6.07) is 6.23. The minimum atomic E-state index is -0.436. The molecule has 1 aromatic carbocycles. The number of nitro benzene ring substituents is 1. The van der Waals surface area contributed by atoms with E-state index in [9.17, 15) is 14.9 Å². The summed E-state index contributed by atoms with van der Waals surface area (Å²) in [6.07, 6.45) is 0. The number of morpholine rings is 1. The van der Waals surface area contributed by atoms with Crippen LogP contribution in [-0.2, 0) is 11.3 Å². The number of rotatable bonds is 4. The summed E-state index contributed by atoms with van der Waals surface area (Å²) in [5.74, 6) is 0. The number of thiazole rings is 1. The lowest BCUT2D eigenvalue weighted by atomic mass is 10.1. The molecule has 116 valence electrons. The third-order valence-corrected chi connectivity index (χ3v) is 4.43. The number of aromatic amines is 1. The fourth-order valence-electron chi connectivity index (χ4n) is 2.42. The van der Waals surface area contributed by atoms with E-state index in [-0.39, 0.29) is 10.6 Å². The molecule has 0 saturated carbocycles. The van der Waals surface area contributed by atoms with E-state index in [1.807, 2.05) is 0 Å². The Morgan fingerprint density at radius 2 is 1.95 bits per heavy atom. The molecule has 1 N–H and O–H groups in total. The average molecular weight is 321 g/mol. The van der Waals surface area contributed by atoms with E-state index in [4.69, 9.17) is 4.74 Å². The molecular weight excluding hydrogens is 306 g/mol. The number of nitrogens with one attached hydrogen (secondary N) is 1. The average Bonchev–Trinajstić information content (AvgIpc) is 2.89. The lowest BCUT2D eigenvalue weighted by Crippen LogP contribution is -2.35. The maximum Gasteiger partial charge on any atom is 0.305 e. The Morgan fingerprint density at radius 1 is 1.27 bits per heavy atom. The van der Waals surface area contributed by atoms with Crippen molar-refractivity contribution in [2.24, 2.45) is 0 Å². The molecule has 1 aliphatic heterocycles. The van der Waals surface area contributed by atoms with E-state index in [1.54, 1.807) is 12.1 Å². The molecule has 0 aliphatic carbocycles. The fraction of sp³-hybridized carbons (Fsp3) is 0.357. The van der Waals surface area contributed by atoms with Gasteiger partial charge in [-0.05, 0) is 17.7 Å². The standard InChI is InChI=1S/C14H15N3O4S/c18-14-15-13(10-1-3-11(4-2-10)17(19)20)12(22-14)9-16-5-7-21-8-6-16/h1-4H,5-9H2,(H,15,18). The van der Waals surface area contributed by atoms with Crippen LogP contribution in [0.3, 0.4) is 0 Å². The number of H-pyrrole nitrogens is 1. The molecule has 2 heterocycles. The van der Waals surface area contributed by atoms with Gasteiger partial charge < -0.3 is 9.72 Å². The van der Waals surface area contributed by atoms with Gasteiger partial charge in [0.1, 0.15) is 0 Å². The van der Waals surface area contributed by atoms with Crippen LogP contribution < -0.4 is 4.87 Å². The van der Waals surface area contributed by atoms with Gasteiger partial charge in [0.25, 0.3) is 5.69 Å². The quantitative estimate of drug-likeness (QED) is 0.686. The monoisotopic (exact) mass is 321 g/mol. The minimum Gasteiger partial charge on any atom is -0.379 e. The zero-order valence-electron chi connectivity index (χ0n) is 11.8. The summed E-state index contributed by atoms with van der Waals surface area (Å²) in [4.78, 5) is 27.9. The zero-order valence-corrected chi connectivity index (χ0v) is 12.6. The van der Waals surface area contributed by atoms with E-state index < -0.39 is 4.92 Å². The lowest BCUT2D eigenvalue weighted by Gasteiger charge is -2.26. The number of ether oxygens (including phenoxy) is 1. The van der Waals surface area contributed by atoms with Crippen LogP contribution in [0.2, 0.25) is 0 Å². The Morgan fingerprint density at radius 3 is 2.59 bits per heavy atom. The fourth-order valence-corrected chi connectivity index (χ4v) is 3.31. The number of nitrogens with zero attached hydrogens (tertiary/aromatic N) is 2. The van der Waals surface area contributed by atoms with E-state index in [2.05, 4.69) is 9.88 Å². The number of non-ortho nitro benzene ring substituents is 1. The normalized spacial score (nSPS) is 15.8. The zero-order chi connectivity index (χ0) is 15.5. The summed E-state index contributed by atoms with van der Waals surface area (Å²) < 4.78 is 5.32. The highest BCUT2D eigenvalue weighted by atomic mass is 32.1. The van der Waals surface area contributed by atoms with Crippen molar-refractivity contribution in [1.29, 1.82) is 0 Å². The number of hydrogen-bond acceptors (Lipinski definition) is 6. The molecule has 0 bridgehead atoms. The second-order valence-corrected chi connectivity index (χ2v) is 6.07. The van der Waals surface area contributed by atoms with Gasteiger partial charge in [-0.25, -0.2) is 0 Å². The van der Waals surface area contributed by atoms with Crippen LogP contribution in [0.15, 0.2) is 29.1 Å². The molecule has 22 heavy (non-hydrogen) atoms. The summed E-state index contributed by atoms with van der Waals surface area (Å²) in [7, 11) is 0. The molecule has 0 amide bonds. The largest absolute Gasteiger partial charge is 0.379 e. The summed E-state index contributed by atoms with van der Waals surface area (Å²) in [5, 5.41) is 10.7. The highest BCUT2D eigenvalue weighted by molar-refractivity contribution is 7.09. The molecule has 1 saturated heterocycles. The van der Waals surface area contributed by atoms with Crippen molar-refractivity contribution < 1.29 is 9.66 Å². The van der Waals surface area contributed by atoms with Gasteiger partial charge in [0, 0.05) is 36.6 Å². The Balaban J connectivity index is 1.86. The highest BCUT2D eigenvalue weighted by Gasteiger charge is 2.17. The number of hydrogen-bond donors (Lipinski definition) is 1. The second kappa shape index (κ2) is 6.39. The Labute approximate surface area is 130 Å². The predicted octanol–water partition coefficient (Wildman–Crippen LogP) is 1.84. The summed E-state index contributed by atoms with van der Waals surface area (Å²) >= 11 is 1.19. The van der Waals surface area contributed by atoms with Crippen molar-refractivity contribution in [3.05, 3.63) is 48.9 Å². The smallest absolute Gasteiger partial charge is 0.305 e. The van der Waals surface area contributed by atoms with Crippen molar-refractivity contribution in [3.8, 4) is 11.3 Å².